The first-order valence-corrected chi connectivity index (χ1v) is 7.18. The number of hydrogen-bond donors (Lipinski definition) is 1. The van der Waals surface area contributed by atoms with Crippen molar-refractivity contribution in [2.75, 3.05) is 0 Å². The zero-order valence-corrected chi connectivity index (χ0v) is 11.7. The maximum Gasteiger partial charge on any atom is 0.573 e. The maximum atomic E-state index is 12.1. The third kappa shape index (κ3) is 5.08. The first-order chi connectivity index (χ1) is 9.96. The number of benzene rings is 1. The van der Waals surface area contributed by atoms with Crippen LogP contribution in [0, 0.1) is 0 Å². The van der Waals surface area contributed by atoms with Crippen molar-refractivity contribution in [1.29, 1.82) is 0 Å². The quantitative estimate of drug-likeness (QED) is 0.805. The molecular weight excluding hydrogens is 281 g/mol. The van der Waals surface area contributed by atoms with Gasteiger partial charge in [-0.3, -0.25) is 0 Å². The Morgan fingerprint density at radius 3 is 2.33 bits per heavy atom. The average Bonchev–Trinajstić information content (AvgIpc) is 2.36. The van der Waals surface area contributed by atoms with E-state index >= 15 is 0 Å². The highest BCUT2D eigenvalue weighted by atomic mass is 19.4. The molecule has 21 heavy (non-hydrogen) atoms. The topological polar surface area (TPSA) is 29.5 Å². The second kappa shape index (κ2) is 6.98. The Labute approximate surface area is 122 Å². The second-order valence-corrected chi connectivity index (χ2v) is 5.25. The fourth-order valence-corrected chi connectivity index (χ4v) is 2.53. The van der Waals surface area contributed by atoms with Crippen molar-refractivity contribution >= 4 is 0 Å². The van der Waals surface area contributed by atoms with Gasteiger partial charge in [-0.15, -0.1) is 13.2 Å². The summed E-state index contributed by atoms with van der Waals surface area (Å²) in [6.45, 7) is 0. The SMILES string of the molecule is OC(/C1=C/CCCCCC1)c1ccc(OC(F)(F)F)cc1. The smallest absolute Gasteiger partial charge is 0.406 e. The highest BCUT2D eigenvalue weighted by Crippen LogP contribution is 2.30. The molecule has 2 nitrogen and oxygen atoms in total. The largest absolute Gasteiger partial charge is 0.573 e. The van der Waals surface area contributed by atoms with E-state index in [-0.39, 0.29) is 5.75 Å². The van der Waals surface area contributed by atoms with Crippen molar-refractivity contribution in [3.05, 3.63) is 41.5 Å². The van der Waals surface area contributed by atoms with Crippen LogP contribution in [0.4, 0.5) is 13.2 Å². The molecule has 0 bridgehead atoms. The number of allylic oxidation sites excluding steroid dienone is 1. The standard InChI is InChI=1S/C16H19F3O2/c17-16(18,19)21-14-10-8-13(9-11-14)15(20)12-6-4-2-1-3-5-7-12/h6,8-11,15,20H,1-5,7H2/b12-6+. The first-order valence-electron chi connectivity index (χ1n) is 7.18. The van der Waals surface area contributed by atoms with Crippen molar-refractivity contribution < 1.29 is 23.0 Å². The summed E-state index contributed by atoms with van der Waals surface area (Å²) in [7, 11) is 0. The summed E-state index contributed by atoms with van der Waals surface area (Å²) in [5.41, 5.74) is 1.55. The number of halogens is 3. The summed E-state index contributed by atoms with van der Waals surface area (Å²) in [5, 5.41) is 10.4. The Morgan fingerprint density at radius 2 is 1.67 bits per heavy atom. The van der Waals surface area contributed by atoms with E-state index in [1.54, 1.807) is 0 Å². The van der Waals surface area contributed by atoms with Crippen molar-refractivity contribution in [2.45, 2.75) is 51.0 Å². The highest BCUT2D eigenvalue weighted by molar-refractivity contribution is 5.32. The lowest BCUT2D eigenvalue weighted by Crippen LogP contribution is -2.17. The van der Waals surface area contributed by atoms with Gasteiger partial charge in [-0.1, -0.05) is 31.1 Å². The van der Waals surface area contributed by atoms with Crippen LogP contribution in [0.25, 0.3) is 0 Å². The minimum absolute atomic E-state index is 0.273. The molecule has 0 amide bonds. The fourth-order valence-electron chi connectivity index (χ4n) is 2.53. The van der Waals surface area contributed by atoms with Crippen molar-refractivity contribution in [2.24, 2.45) is 0 Å². The summed E-state index contributed by atoms with van der Waals surface area (Å²) < 4.78 is 40.1. The predicted molar refractivity (Wildman–Crippen MR) is 73.9 cm³/mol. The number of ether oxygens (including phenoxy) is 1. The molecule has 2 rings (SSSR count). The summed E-state index contributed by atoms with van der Waals surface area (Å²) in [6.07, 6.45) is 2.93. The van der Waals surface area contributed by atoms with E-state index in [0.29, 0.717) is 5.56 Å². The van der Waals surface area contributed by atoms with Crippen LogP contribution in [0.1, 0.15) is 50.2 Å². The molecule has 1 aromatic rings. The van der Waals surface area contributed by atoms with Gasteiger partial charge in [0.1, 0.15) is 11.9 Å². The molecule has 5 heteroatoms. The van der Waals surface area contributed by atoms with E-state index in [4.69, 9.17) is 0 Å². The molecular formula is C16H19F3O2. The number of rotatable bonds is 3. The van der Waals surface area contributed by atoms with Crippen LogP contribution in [-0.2, 0) is 0 Å². The van der Waals surface area contributed by atoms with Crippen LogP contribution in [0.3, 0.4) is 0 Å². The number of aliphatic hydroxyl groups is 1. The lowest BCUT2D eigenvalue weighted by Gasteiger charge is -2.18. The van der Waals surface area contributed by atoms with Gasteiger partial charge in [-0.05, 0) is 49.0 Å². The summed E-state index contributed by atoms with van der Waals surface area (Å²) in [4.78, 5) is 0. The molecule has 1 aliphatic rings. The number of aliphatic hydroxyl groups excluding tert-OH is 1. The van der Waals surface area contributed by atoms with Crippen molar-refractivity contribution in [3.63, 3.8) is 0 Å². The zero-order chi connectivity index (χ0) is 15.3. The lowest BCUT2D eigenvalue weighted by atomic mass is 9.93. The van der Waals surface area contributed by atoms with Crippen molar-refractivity contribution in [1.82, 2.24) is 0 Å². The third-order valence-electron chi connectivity index (χ3n) is 3.61. The van der Waals surface area contributed by atoms with E-state index in [1.807, 2.05) is 0 Å². The monoisotopic (exact) mass is 300 g/mol. The Bertz CT molecular complexity index is 477. The molecule has 116 valence electrons. The molecule has 1 atom stereocenters. The molecule has 0 heterocycles. The minimum Gasteiger partial charge on any atom is -0.406 e. The molecule has 0 aromatic heterocycles. The Morgan fingerprint density at radius 1 is 1.00 bits per heavy atom. The molecule has 1 aromatic carbocycles. The fraction of sp³-hybridized carbons (Fsp3) is 0.500. The first kappa shape index (κ1) is 15.9. The Kier molecular flexibility index (Phi) is 5.28. The molecule has 0 saturated heterocycles. The zero-order valence-electron chi connectivity index (χ0n) is 11.7. The van der Waals surface area contributed by atoms with Gasteiger partial charge in [0.05, 0.1) is 0 Å². The predicted octanol–water partition coefficient (Wildman–Crippen LogP) is 4.90. The summed E-state index contributed by atoms with van der Waals surface area (Å²) in [6, 6.07) is 5.42. The molecule has 0 saturated carbocycles. The second-order valence-electron chi connectivity index (χ2n) is 5.25. The van der Waals surface area contributed by atoms with Crippen LogP contribution in [0.5, 0.6) is 5.75 Å². The van der Waals surface area contributed by atoms with E-state index in [0.717, 1.165) is 37.7 Å². The molecule has 0 spiro atoms. The maximum absolute atomic E-state index is 12.1. The summed E-state index contributed by atoms with van der Waals surface area (Å²) in [5.74, 6) is -0.273. The van der Waals surface area contributed by atoms with Crippen LogP contribution < -0.4 is 4.74 Å². The molecule has 0 fully saturated rings. The van der Waals surface area contributed by atoms with E-state index in [9.17, 15) is 18.3 Å². The molecule has 0 radical (unpaired) electrons. The van der Waals surface area contributed by atoms with Gasteiger partial charge in [-0.25, -0.2) is 0 Å². The molecule has 1 N–H and O–H groups in total. The summed E-state index contributed by atoms with van der Waals surface area (Å²) >= 11 is 0. The van der Waals surface area contributed by atoms with Gasteiger partial charge in [0.15, 0.2) is 0 Å². The van der Waals surface area contributed by atoms with Crippen LogP contribution in [-0.4, -0.2) is 11.5 Å². The van der Waals surface area contributed by atoms with Gasteiger partial charge in [0.2, 0.25) is 0 Å². The molecule has 0 aliphatic heterocycles. The van der Waals surface area contributed by atoms with Crippen LogP contribution >= 0.6 is 0 Å². The van der Waals surface area contributed by atoms with Crippen molar-refractivity contribution in [3.8, 4) is 5.75 Å². The van der Waals surface area contributed by atoms with Crippen LogP contribution in [0.2, 0.25) is 0 Å². The van der Waals surface area contributed by atoms with Crippen LogP contribution in [0.15, 0.2) is 35.9 Å². The van der Waals surface area contributed by atoms with E-state index < -0.39 is 12.5 Å². The van der Waals surface area contributed by atoms with Gasteiger partial charge < -0.3 is 9.84 Å². The molecule has 1 unspecified atom stereocenters. The van der Waals surface area contributed by atoms with Gasteiger partial charge in [0, 0.05) is 0 Å². The van der Waals surface area contributed by atoms with E-state index in [2.05, 4.69) is 10.8 Å². The average molecular weight is 300 g/mol. The number of alkyl halides is 3. The minimum atomic E-state index is -4.69. The Hall–Kier alpha value is -1.49. The third-order valence-corrected chi connectivity index (χ3v) is 3.61. The van der Waals surface area contributed by atoms with Gasteiger partial charge in [-0.2, -0.15) is 0 Å². The molecule has 1 aliphatic carbocycles. The number of hydrogen-bond acceptors (Lipinski definition) is 2. The van der Waals surface area contributed by atoms with Gasteiger partial charge in [0.25, 0.3) is 0 Å². The van der Waals surface area contributed by atoms with E-state index in [1.165, 1.54) is 30.7 Å². The highest BCUT2D eigenvalue weighted by Gasteiger charge is 2.31. The van der Waals surface area contributed by atoms with Gasteiger partial charge >= 0.3 is 6.36 Å². The normalized spacial score (nSPS) is 20.9. The lowest BCUT2D eigenvalue weighted by molar-refractivity contribution is -0.274. The Balaban J connectivity index is 2.06.